The van der Waals surface area contributed by atoms with Crippen LogP contribution >= 0.6 is 0 Å². The summed E-state index contributed by atoms with van der Waals surface area (Å²) >= 11 is 0. The minimum absolute atomic E-state index is 0.123. The van der Waals surface area contributed by atoms with Crippen LogP contribution in [0.3, 0.4) is 0 Å². The zero-order valence-electron chi connectivity index (χ0n) is 17.8. The number of carbonyl (C=O) groups excluding carboxylic acids is 1. The van der Waals surface area contributed by atoms with Crippen molar-refractivity contribution in [2.75, 3.05) is 13.1 Å². The molecule has 0 radical (unpaired) electrons. The van der Waals surface area contributed by atoms with Crippen molar-refractivity contribution in [1.29, 1.82) is 0 Å². The molecule has 0 unspecified atom stereocenters. The van der Waals surface area contributed by atoms with Crippen LogP contribution in [0.1, 0.15) is 28.9 Å². The Morgan fingerprint density at radius 1 is 1.12 bits per heavy atom. The zero-order chi connectivity index (χ0) is 22.1. The standard InChI is InChI=1S/C25H24FN5O/c1-16-13-17(4-6-21(16)26)24-20(3-2-10-28-24)18-5-7-23-29-14-22(31(23)15-18)25(32)30-19-8-11-27-12-9-19/h2-7,10,13-15,19,27H,8-9,11-12H2,1H3,(H,30,32). The number of rotatable bonds is 4. The minimum Gasteiger partial charge on any atom is -0.348 e. The second-order valence-corrected chi connectivity index (χ2v) is 8.15. The van der Waals surface area contributed by atoms with Crippen molar-refractivity contribution in [2.24, 2.45) is 0 Å². The van der Waals surface area contributed by atoms with Crippen molar-refractivity contribution in [3.63, 3.8) is 0 Å². The summed E-state index contributed by atoms with van der Waals surface area (Å²) in [6.07, 6.45) is 7.10. The number of hydrogen-bond acceptors (Lipinski definition) is 4. The predicted octanol–water partition coefficient (Wildman–Crippen LogP) is 3.99. The van der Waals surface area contributed by atoms with Crippen LogP contribution in [0.2, 0.25) is 0 Å². The number of pyridine rings is 2. The van der Waals surface area contributed by atoms with E-state index in [1.54, 1.807) is 31.5 Å². The monoisotopic (exact) mass is 429 g/mol. The fourth-order valence-corrected chi connectivity index (χ4v) is 4.19. The SMILES string of the molecule is Cc1cc(-c2ncccc2-c2ccc3ncc(C(=O)NC4CCNCC4)n3c2)ccc1F. The van der Waals surface area contributed by atoms with Gasteiger partial charge in [-0.15, -0.1) is 0 Å². The molecule has 1 saturated heterocycles. The number of halogens is 1. The van der Waals surface area contributed by atoms with Gasteiger partial charge in [0, 0.05) is 35.1 Å². The van der Waals surface area contributed by atoms with Crippen molar-refractivity contribution < 1.29 is 9.18 Å². The summed E-state index contributed by atoms with van der Waals surface area (Å²) in [5, 5.41) is 6.44. The van der Waals surface area contributed by atoms with Gasteiger partial charge in [-0.05, 0) is 74.8 Å². The topological polar surface area (TPSA) is 71.3 Å². The van der Waals surface area contributed by atoms with E-state index in [2.05, 4.69) is 20.6 Å². The molecule has 0 atom stereocenters. The fraction of sp³-hybridized carbons (Fsp3) is 0.240. The summed E-state index contributed by atoms with van der Waals surface area (Å²) < 4.78 is 15.6. The third-order valence-electron chi connectivity index (χ3n) is 5.96. The van der Waals surface area contributed by atoms with Crippen LogP contribution in [0.15, 0.2) is 61.1 Å². The second kappa shape index (κ2) is 8.51. The number of nitrogens with zero attached hydrogens (tertiary/aromatic N) is 3. The number of benzene rings is 1. The lowest BCUT2D eigenvalue weighted by atomic mass is 9.99. The molecule has 1 aliphatic heterocycles. The summed E-state index contributed by atoms with van der Waals surface area (Å²) in [6, 6.07) is 12.9. The highest BCUT2D eigenvalue weighted by molar-refractivity contribution is 5.93. The van der Waals surface area contributed by atoms with Gasteiger partial charge in [0.05, 0.1) is 11.9 Å². The van der Waals surface area contributed by atoms with Crippen LogP contribution in [0, 0.1) is 12.7 Å². The van der Waals surface area contributed by atoms with Crippen LogP contribution in [0.25, 0.3) is 28.0 Å². The van der Waals surface area contributed by atoms with Crippen LogP contribution < -0.4 is 10.6 Å². The molecule has 1 fully saturated rings. The Morgan fingerprint density at radius 2 is 1.94 bits per heavy atom. The number of fused-ring (bicyclic) bond motifs is 1. The fourth-order valence-electron chi connectivity index (χ4n) is 4.19. The number of imidazole rings is 1. The first-order valence-corrected chi connectivity index (χ1v) is 10.8. The van der Waals surface area contributed by atoms with E-state index >= 15 is 0 Å². The average molecular weight is 429 g/mol. The first kappa shape index (κ1) is 20.3. The van der Waals surface area contributed by atoms with Gasteiger partial charge in [-0.2, -0.15) is 0 Å². The van der Waals surface area contributed by atoms with Crippen molar-refractivity contribution >= 4 is 11.6 Å². The van der Waals surface area contributed by atoms with Crippen molar-refractivity contribution in [3.05, 3.63) is 78.1 Å². The van der Waals surface area contributed by atoms with Crippen molar-refractivity contribution in [1.82, 2.24) is 25.0 Å². The molecule has 5 rings (SSSR count). The smallest absolute Gasteiger partial charge is 0.270 e. The van der Waals surface area contributed by atoms with Gasteiger partial charge < -0.3 is 10.6 Å². The van der Waals surface area contributed by atoms with Gasteiger partial charge in [-0.25, -0.2) is 9.37 Å². The van der Waals surface area contributed by atoms with Crippen LogP contribution in [-0.2, 0) is 0 Å². The van der Waals surface area contributed by atoms with Gasteiger partial charge in [-0.3, -0.25) is 14.2 Å². The van der Waals surface area contributed by atoms with Gasteiger partial charge in [0.2, 0.25) is 0 Å². The maximum absolute atomic E-state index is 13.8. The molecule has 1 amide bonds. The zero-order valence-corrected chi connectivity index (χ0v) is 17.8. The number of hydrogen-bond donors (Lipinski definition) is 2. The molecule has 7 heteroatoms. The molecule has 0 aliphatic carbocycles. The molecular weight excluding hydrogens is 405 g/mol. The largest absolute Gasteiger partial charge is 0.348 e. The summed E-state index contributed by atoms with van der Waals surface area (Å²) in [5.41, 5.74) is 5.18. The molecule has 0 spiro atoms. The van der Waals surface area contributed by atoms with E-state index in [-0.39, 0.29) is 17.8 Å². The number of carbonyl (C=O) groups is 1. The van der Waals surface area contributed by atoms with E-state index in [4.69, 9.17) is 0 Å². The first-order chi connectivity index (χ1) is 15.6. The van der Waals surface area contributed by atoms with Crippen LogP contribution in [0.4, 0.5) is 4.39 Å². The lowest BCUT2D eigenvalue weighted by molar-refractivity contribution is 0.0923. The Hall–Kier alpha value is -3.58. The molecule has 162 valence electrons. The molecule has 3 aromatic heterocycles. The highest BCUT2D eigenvalue weighted by atomic mass is 19.1. The van der Waals surface area contributed by atoms with Crippen LogP contribution in [0.5, 0.6) is 0 Å². The van der Waals surface area contributed by atoms with E-state index in [0.29, 0.717) is 16.9 Å². The molecule has 32 heavy (non-hydrogen) atoms. The Kier molecular flexibility index (Phi) is 5.41. The summed E-state index contributed by atoms with van der Waals surface area (Å²) in [6.45, 7) is 3.57. The predicted molar refractivity (Wildman–Crippen MR) is 122 cm³/mol. The number of aromatic nitrogens is 3. The molecule has 4 heterocycles. The number of nitrogens with one attached hydrogen (secondary N) is 2. The summed E-state index contributed by atoms with van der Waals surface area (Å²) in [4.78, 5) is 21.9. The van der Waals surface area contributed by atoms with Gasteiger partial charge in [-0.1, -0.05) is 6.07 Å². The molecule has 2 N–H and O–H groups in total. The second-order valence-electron chi connectivity index (χ2n) is 8.15. The Morgan fingerprint density at radius 3 is 2.75 bits per heavy atom. The van der Waals surface area contributed by atoms with E-state index < -0.39 is 0 Å². The third kappa shape index (κ3) is 3.87. The first-order valence-electron chi connectivity index (χ1n) is 10.8. The number of aryl methyl sites for hydroxylation is 1. The third-order valence-corrected chi connectivity index (χ3v) is 5.96. The molecule has 4 aromatic rings. The Balaban J connectivity index is 1.52. The maximum Gasteiger partial charge on any atom is 0.270 e. The van der Waals surface area contributed by atoms with Crippen molar-refractivity contribution in [2.45, 2.75) is 25.8 Å². The van der Waals surface area contributed by atoms with Crippen LogP contribution in [-0.4, -0.2) is 39.4 Å². The highest BCUT2D eigenvalue weighted by Crippen LogP contribution is 2.31. The lowest BCUT2D eigenvalue weighted by Crippen LogP contribution is -2.43. The minimum atomic E-state index is -0.240. The Bertz CT molecular complexity index is 1290. The molecule has 0 bridgehead atoms. The summed E-state index contributed by atoms with van der Waals surface area (Å²) in [5.74, 6) is -0.363. The van der Waals surface area contributed by atoms with E-state index in [1.807, 2.05) is 34.9 Å². The van der Waals surface area contributed by atoms with Crippen molar-refractivity contribution in [3.8, 4) is 22.4 Å². The number of piperidine rings is 1. The van der Waals surface area contributed by atoms with E-state index in [9.17, 15) is 9.18 Å². The molecular formula is C25H24FN5O. The molecule has 1 aromatic carbocycles. The average Bonchev–Trinajstić information content (AvgIpc) is 3.25. The maximum atomic E-state index is 13.8. The lowest BCUT2D eigenvalue weighted by Gasteiger charge is -2.23. The van der Waals surface area contributed by atoms with Gasteiger partial charge in [0.1, 0.15) is 17.2 Å². The Labute approximate surface area is 185 Å². The molecule has 0 saturated carbocycles. The quantitative estimate of drug-likeness (QED) is 0.515. The van der Waals surface area contributed by atoms with Gasteiger partial charge >= 0.3 is 0 Å². The highest BCUT2D eigenvalue weighted by Gasteiger charge is 2.19. The number of amides is 1. The van der Waals surface area contributed by atoms with E-state index in [1.165, 1.54) is 6.07 Å². The molecule has 1 aliphatic rings. The summed E-state index contributed by atoms with van der Waals surface area (Å²) in [7, 11) is 0. The van der Waals surface area contributed by atoms with Gasteiger partial charge in [0.25, 0.3) is 5.91 Å². The van der Waals surface area contributed by atoms with E-state index in [0.717, 1.165) is 48.3 Å². The van der Waals surface area contributed by atoms with Gasteiger partial charge in [0.15, 0.2) is 0 Å². The normalized spacial score (nSPS) is 14.6. The molecule has 6 nitrogen and oxygen atoms in total.